The molecule has 53 valence electrons. The summed E-state index contributed by atoms with van der Waals surface area (Å²) in [6.07, 6.45) is 2.54. The Morgan fingerprint density at radius 3 is 2.73 bits per heavy atom. The summed E-state index contributed by atoms with van der Waals surface area (Å²) in [6.45, 7) is 0. The first-order valence-electron chi connectivity index (χ1n) is 3.33. The standard InChI is InChI=1S/C9H7O.Y/c10-9-6-5-7-3-1-2-4-8(7)9;/h1-4,6H,5H2;/q-1;. The van der Waals surface area contributed by atoms with Crippen molar-refractivity contribution >= 4 is 5.78 Å². The number of Topliss-reactive ketones (excluding diaryl/α,β-unsaturated/α-hetero) is 1. The van der Waals surface area contributed by atoms with Gasteiger partial charge in [0.05, 0.1) is 0 Å². The molecule has 1 aromatic rings. The van der Waals surface area contributed by atoms with Gasteiger partial charge in [-0.2, -0.15) is 6.42 Å². The van der Waals surface area contributed by atoms with Crippen molar-refractivity contribution < 1.29 is 37.5 Å². The molecule has 1 aromatic carbocycles. The van der Waals surface area contributed by atoms with Crippen LogP contribution in [-0.4, -0.2) is 5.78 Å². The summed E-state index contributed by atoms with van der Waals surface area (Å²) in [7, 11) is 0. The number of benzene rings is 1. The second kappa shape index (κ2) is 3.51. The Morgan fingerprint density at radius 1 is 1.27 bits per heavy atom. The van der Waals surface area contributed by atoms with E-state index in [4.69, 9.17) is 0 Å². The van der Waals surface area contributed by atoms with Crippen molar-refractivity contribution in [3.63, 3.8) is 0 Å². The molecule has 0 saturated carbocycles. The molecule has 0 N–H and O–H groups in total. The number of carbonyl (C=O) groups excluding carboxylic acids is 1. The Hall–Kier alpha value is -0.136. The van der Waals surface area contributed by atoms with E-state index in [1.807, 2.05) is 24.3 Å². The maximum Gasteiger partial charge on any atom is 0.0250 e. The summed E-state index contributed by atoms with van der Waals surface area (Å²) in [4.78, 5) is 11.0. The first-order valence-corrected chi connectivity index (χ1v) is 3.33. The van der Waals surface area contributed by atoms with Crippen LogP contribution in [0.25, 0.3) is 0 Å². The Kier molecular flexibility index (Phi) is 2.86. The fraction of sp³-hybridized carbons (Fsp3) is 0.111. The average molecular weight is 220 g/mol. The van der Waals surface area contributed by atoms with E-state index < -0.39 is 0 Å². The molecule has 0 saturated heterocycles. The van der Waals surface area contributed by atoms with E-state index in [-0.39, 0.29) is 38.5 Å². The van der Waals surface area contributed by atoms with Crippen LogP contribution in [0.4, 0.5) is 0 Å². The molecule has 0 aromatic heterocycles. The van der Waals surface area contributed by atoms with E-state index in [1.54, 1.807) is 6.42 Å². The monoisotopic (exact) mass is 220 g/mol. The number of rotatable bonds is 0. The van der Waals surface area contributed by atoms with Crippen molar-refractivity contribution in [1.29, 1.82) is 0 Å². The van der Waals surface area contributed by atoms with Gasteiger partial charge in [0.2, 0.25) is 0 Å². The first-order chi connectivity index (χ1) is 4.88. The van der Waals surface area contributed by atoms with Crippen molar-refractivity contribution in [3.05, 3.63) is 41.8 Å². The topological polar surface area (TPSA) is 17.1 Å². The summed E-state index contributed by atoms with van der Waals surface area (Å²) in [5, 5.41) is 0. The van der Waals surface area contributed by atoms with Crippen LogP contribution in [0.2, 0.25) is 0 Å². The molecule has 1 nitrogen and oxygen atoms in total. The van der Waals surface area contributed by atoms with Crippen LogP contribution in [0.5, 0.6) is 0 Å². The van der Waals surface area contributed by atoms with Crippen LogP contribution in [0.3, 0.4) is 0 Å². The molecule has 0 aliphatic heterocycles. The Bertz CT molecular complexity index is 281. The average Bonchev–Trinajstić information content (AvgIpc) is 2.34. The predicted molar refractivity (Wildman–Crippen MR) is 38.8 cm³/mol. The van der Waals surface area contributed by atoms with Crippen molar-refractivity contribution in [1.82, 2.24) is 0 Å². The third-order valence-electron chi connectivity index (χ3n) is 1.79. The molecule has 0 unspecified atom stereocenters. The van der Waals surface area contributed by atoms with Gasteiger partial charge in [-0.3, -0.25) is 0 Å². The summed E-state index contributed by atoms with van der Waals surface area (Å²) in [5.41, 5.74) is 2.04. The van der Waals surface area contributed by atoms with Crippen molar-refractivity contribution in [2.75, 3.05) is 0 Å². The maximum absolute atomic E-state index is 11.0. The van der Waals surface area contributed by atoms with E-state index in [9.17, 15) is 4.79 Å². The van der Waals surface area contributed by atoms with Gasteiger partial charge in [0.15, 0.2) is 0 Å². The third-order valence-corrected chi connectivity index (χ3v) is 1.79. The van der Waals surface area contributed by atoms with Crippen LogP contribution < -0.4 is 0 Å². The van der Waals surface area contributed by atoms with E-state index in [1.165, 1.54) is 0 Å². The number of hydrogen-bond acceptors (Lipinski definition) is 1. The molecule has 0 heterocycles. The molecule has 1 aliphatic carbocycles. The van der Waals surface area contributed by atoms with E-state index >= 15 is 0 Å². The van der Waals surface area contributed by atoms with Crippen molar-refractivity contribution in [3.8, 4) is 0 Å². The second-order valence-corrected chi connectivity index (χ2v) is 2.43. The van der Waals surface area contributed by atoms with Crippen LogP contribution in [0.15, 0.2) is 24.3 Å². The third kappa shape index (κ3) is 1.55. The molecule has 1 radical (unpaired) electrons. The number of hydrogen-bond donors (Lipinski definition) is 0. The summed E-state index contributed by atoms with van der Waals surface area (Å²) >= 11 is 0. The van der Waals surface area contributed by atoms with Crippen molar-refractivity contribution in [2.24, 2.45) is 0 Å². The summed E-state index contributed by atoms with van der Waals surface area (Å²) in [6, 6.07) is 7.74. The van der Waals surface area contributed by atoms with Crippen LogP contribution in [-0.2, 0) is 39.1 Å². The van der Waals surface area contributed by atoms with Gasteiger partial charge in [-0.25, -0.2) is 0 Å². The van der Waals surface area contributed by atoms with Gasteiger partial charge in [-0.05, 0) is 0 Å². The molecule has 0 atom stereocenters. The molecule has 1 aliphatic rings. The molecule has 2 heteroatoms. The number of ketones is 1. The van der Waals surface area contributed by atoms with E-state index in [2.05, 4.69) is 0 Å². The summed E-state index contributed by atoms with van der Waals surface area (Å²) < 4.78 is 0. The van der Waals surface area contributed by atoms with Gasteiger partial charge in [0.1, 0.15) is 0 Å². The van der Waals surface area contributed by atoms with Gasteiger partial charge < -0.3 is 4.79 Å². The number of carbonyl (C=O) groups is 1. The zero-order valence-corrected chi connectivity index (χ0v) is 8.92. The molecular weight excluding hydrogens is 213 g/mol. The fourth-order valence-corrected chi connectivity index (χ4v) is 1.25. The van der Waals surface area contributed by atoms with Gasteiger partial charge >= 0.3 is 0 Å². The maximum atomic E-state index is 11.0. The minimum atomic E-state index is 0. The number of fused-ring (bicyclic) bond motifs is 1. The predicted octanol–water partition coefficient (Wildman–Crippen LogP) is 1.63. The van der Waals surface area contributed by atoms with Crippen LogP contribution in [0, 0.1) is 6.42 Å². The Morgan fingerprint density at radius 2 is 2.00 bits per heavy atom. The summed E-state index contributed by atoms with van der Waals surface area (Å²) in [5.74, 6) is 0.176. The van der Waals surface area contributed by atoms with E-state index in [0.29, 0.717) is 0 Å². The zero-order valence-electron chi connectivity index (χ0n) is 6.08. The largest absolute Gasteiger partial charge is 0.332 e. The van der Waals surface area contributed by atoms with Gasteiger partial charge in [0.25, 0.3) is 0 Å². The minimum Gasteiger partial charge on any atom is -0.332 e. The Balaban J connectivity index is 0.000000605. The van der Waals surface area contributed by atoms with Crippen LogP contribution >= 0.6 is 0 Å². The quantitative estimate of drug-likeness (QED) is 0.607. The molecule has 0 bridgehead atoms. The molecule has 0 spiro atoms. The normalized spacial score (nSPS) is 13.3. The van der Waals surface area contributed by atoms with Crippen LogP contribution in [0.1, 0.15) is 15.9 Å². The second-order valence-electron chi connectivity index (χ2n) is 2.43. The Labute approximate surface area is 91.1 Å². The van der Waals surface area contributed by atoms with E-state index in [0.717, 1.165) is 17.5 Å². The molecule has 11 heavy (non-hydrogen) atoms. The molecule has 2 rings (SSSR count). The minimum absolute atomic E-state index is 0. The van der Waals surface area contributed by atoms with Gasteiger partial charge in [-0.15, -0.1) is 17.2 Å². The van der Waals surface area contributed by atoms with Gasteiger partial charge in [0, 0.05) is 38.5 Å². The van der Waals surface area contributed by atoms with Gasteiger partial charge in [-0.1, -0.05) is 24.6 Å². The molecule has 0 fully saturated rings. The van der Waals surface area contributed by atoms with Crippen molar-refractivity contribution in [2.45, 2.75) is 6.42 Å². The molecule has 0 amide bonds. The SMILES string of the molecule is O=C1[CH-]Cc2ccccc21.[Y]. The first kappa shape index (κ1) is 8.96. The fourth-order valence-electron chi connectivity index (χ4n) is 1.25. The zero-order chi connectivity index (χ0) is 6.97. The molecular formula is C9H7OY-. The smallest absolute Gasteiger partial charge is 0.0250 e.